The minimum atomic E-state index is -0.648. The molecule has 16 heavy (non-hydrogen) atoms. The molecule has 0 aromatic heterocycles. The van der Waals surface area contributed by atoms with Gasteiger partial charge in [0.2, 0.25) is 0 Å². The van der Waals surface area contributed by atoms with Crippen molar-refractivity contribution in [1.82, 2.24) is 9.80 Å². The second-order valence-corrected chi connectivity index (χ2v) is 5.66. The lowest BCUT2D eigenvalue weighted by Crippen LogP contribution is -2.50. The first-order valence-corrected chi connectivity index (χ1v) is 6.70. The van der Waals surface area contributed by atoms with Crippen molar-refractivity contribution in [1.29, 1.82) is 0 Å². The molecule has 0 saturated carbocycles. The zero-order valence-corrected chi connectivity index (χ0v) is 10.7. The maximum atomic E-state index is 12.8. The number of rotatable bonds is 3. The molecule has 0 aromatic rings. The number of alkyl halides is 1. The Bertz CT molecular complexity index is 222. The van der Waals surface area contributed by atoms with Crippen LogP contribution in [0.15, 0.2) is 0 Å². The summed E-state index contributed by atoms with van der Waals surface area (Å²) in [6.45, 7) is 6.20. The minimum absolute atomic E-state index is 0.498. The van der Waals surface area contributed by atoms with Crippen LogP contribution in [0.1, 0.15) is 39.0 Å². The predicted molar refractivity (Wildman–Crippen MR) is 65.5 cm³/mol. The van der Waals surface area contributed by atoms with Crippen LogP contribution in [0.2, 0.25) is 0 Å². The first kappa shape index (κ1) is 12.3. The van der Waals surface area contributed by atoms with Crippen molar-refractivity contribution >= 4 is 0 Å². The van der Waals surface area contributed by atoms with E-state index < -0.39 is 6.17 Å². The molecule has 2 fully saturated rings. The van der Waals surface area contributed by atoms with Crippen molar-refractivity contribution in [2.24, 2.45) is 0 Å². The Hall–Kier alpha value is -0.150. The highest BCUT2D eigenvalue weighted by Gasteiger charge is 2.40. The fraction of sp³-hybridized carbons (Fsp3) is 1.00. The summed E-state index contributed by atoms with van der Waals surface area (Å²) in [5.74, 6) is 0. The number of halogens is 1. The third kappa shape index (κ3) is 2.57. The van der Waals surface area contributed by atoms with E-state index in [1.807, 2.05) is 0 Å². The Morgan fingerprint density at radius 2 is 1.88 bits per heavy atom. The van der Waals surface area contributed by atoms with Gasteiger partial charge in [-0.25, -0.2) is 4.39 Å². The van der Waals surface area contributed by atoms with Crippen LogP contribution in [-0.2, 0) is 0 Å². The Balaban J connectivity index is 1.78. The molecule has 3 heteroatoms. The van der Waals surface area contributed by atoms with Gasteiger partial charge in [-0.3, -0.25) is 0 Å². The fourth-order valence-electron chi connectivity index (χ4n) is 3.26. The molecule has 1 spiro atoms. The highest BCUT2D eigenvalue weighted by atomic mass is 19.1. The molecule has 0 aromatic carbocycles. The first-order valence-electron chi connectivity index (χ1n) is 6.70. The Kier molecular flexibility index (Phi) is 3.85. The Morgan fingerprint density at radius 3 is 2.38 bits per heavy atom. The van der Waals surface area contributed by atoms with E-state index in [1.165, 1.54) is 32.2 Å². The molecule has 1 atom stereocenters. The summed E-state index contributed by atoms with van der Waals surface area (Å²) >= 11 is 0. The molecule has 2 heterocycles. The van der Waals surface area contributed by atoms with Crippen molar-refractivity contribution in [2.45, 2.75) is 50.7 Å². The van der Waals surface area contributed by atoms with Gasteiger partial charge in [0, 0.05) is 12.1 Å². The maximum absolute atomic E-state index is 12.8. The lowest BCUT2D eigenvalue weighted by Gasteiger charge is -2.43. The third-order valence-electron chi connectivity index (χ3n) is 4.58. The smallest absolute Gasteiger partial charge is 0.0985 e. The Labute approximate surface area is 98.8 Å². The van der Waals surface area contributed by atoms with E-state index in [9.17, 15) is 4.39 Å². The highest BCUT2D eigenvalue weighted by Crippen LogP contribution is 2.37. The largest absolute Gasteiger partial charge is 0.303 e. The zero-order valence-electron chi connectivity index (χ0n) is 10.7. The van der Waals surface area contributed by atoms with Crippen LogP contribution in [0.4, 0.5) is 4.39 Å². The maximum Gasteiger partial charge on any atom is 0.0985 e. The number of hydrogen-bond acceptors (Lipinski definition) is 2. The van der Waals surface area contributed by atoms with E-state index in [2.05, 4.69) is 16.8 Å². The quantitative estimate of drug-likeness (QED) is 0.731. The summed E-state index contributed by atoms with van der Waals surface area (Å²) in [7, 11) is 2.27. The average molecular weight is 228 g/mol. The summed E-state index contributed by atoms with van der Waals surface area (Å²) in [6.07, 6.45) is 5.34. The van der Waals surface area contributed by atoms with Crippen molar-refractivity contribution in [3.05, 3.63) is 0 Å². The van der Waals surface area contributed by atoms with Gasteiger partial charge in [-0.1, -0.05) is 0 Å². The van der Waals surface area contributed by atoms with Gasteiger partial charge >= 0.3 is 0 Å². The first-order chi connectivity index (χ1) is 7.62. The van der Waals surface area contributed by atoms with E-state index in [0.29, 0.717) is 12.0 Å². The monoisotopic (exact) mass is 228 g/mol. The molecule has 2 aliphatic rings. The topological polar surface area (TPSA) is 6.48 Å². The van der Waals surface area contributed by atoms with Gasteiger partial charge < -0.3 is 9.80 Å². The van der Waals surface area contributed by atoms with E-state index >= 15 is 0 Å². The van der Waals surface area contributed by atoms with Gasteiger partial charge in [0.05, 0.1) is 6.17 Å². The SMILES string of the molecule is C[C@H](F)CCN1CCC2(CCCN2C)CC1. The summed E-state index contributed by atoms with van der Waals surface area (Å²) in [6, 6.07) is 0. The molecule has 2 nitrogen and oxygen atoms in total. The molecule has 0 radical (unpaired) electrons. The molecule has 2 saturated heterocycles. The second kappa shape index (κ2) is 5.01. The van der Waals surface area contributed by atoms with Crippen LogP contribution >= 0.6 is 0 Å². The van der Waals surface area contributed by atoms with Crippen molar-refractivity contribution < 1.29 is 4.39 Å². The van der Waals surface area contributed by atoms with E-state index in [4.69, 9.17) is 0 Å². The molecule has 2 aliphatic heterocycles. The standard InChI is InChI=1S/C13H25FN2/c1-12(14)4-9-16-10-6-13(7-11-16)5-3-8-15(13)2/h12H,3-11H2,1-2H3/t12-/m0/s1. The fourth-order valence-corrected chi connectivity index (χ4v) is 3.26. The summed E-state index contributed by atoms with van der Waals surface area (Å²) in [5, 5.41) is 0. The van der Waals surface area contributed by atoms with Crippen molar-refractivity contribution in [3.8, 4) is 0 Å². The third-order valence-corrected chi connectivity index (χ3v) is 4.58. The van der Waals surface area contributed by atoms with Gasteiger partial charge in [-0.2, -0.15) is 0 Å². The molecule has 0 bridgehead atoms. The van der Waals surface area contributed by atoms with Gasteiger partial charge in [-0.05, 0) is 65.7 Å². The average Bonchev–Trinajstić information content (AvgIpc) is 2.60. The highest BCUT2D eigenvalue weighted by molar-refractivity contribution is 4.97. The van der Waals surface area contributed by atoms with E-state index in [-0.39, 0.29) is 0 Å². The van der Waals surface area contributed by atoms with Gasteiger partial charge in [0.25, 0.3) is 0 Å². The number of nitrogens with zero attached hydrogens (tertiary/aromatic N) is 2. The van der Waals surface area contributed by atoms with Crippen LogP contribution in [0.25, 0.3) is 0 Å². The molecule has 94 valence electrons. The van der Waals surface area contributed by atoms with E-state index in [1.54, 1.807) is 6.92 Å². The van der Waals surface area contributed by atoms with Crippen LogP contribution in [0, 0.1) is 0 Å². The van der Waals surface area contributed by atoms with Crippen LogP contribution in [0.5, 0.6) is 0 Å². The van der Waals surface area contributed by atoms with Crippen LogP contribution in [0.3, 0.4) is 0 Å². The van der Waals surface area contributed by atoms with Crippen molar-refractivity contribution in [2.75, 3.05) is 33.2 Å². The number of likely N-dealkylation sites (tertiary alicyclic amines) is 2. The zero-order chi connectivity index (χ0) is 11.6. The second-order valence-electron chi connectivity index (χ2n) is 5.66. The van der Waals surface area contributed by atoms with E-state index in [0.717, 1.165) is 19.6 Å². The molecule has 0 aliphatic carbocycles. The molecular formula is C13H25FN2. The molecule has 0 amide bonds. The summed E-state index contributed by atoms with van der Waals surface area (Å²) < 4.78 is 12.8. The molecular weight excluding hydrogens is 203 g/mol. The summed E-state index contributed by atoms with van der Waals surface area (Å²) in [4.78, 5) is 5.00. The van der Waals surface area contributed by atoms with Gasteiger partial charge in [0.1, 0.15) is 0 Å². The number of piperidine rings is 1. The lowest BCUT2D eigenvalue weighted by molar-refractivity contribution is 0.0673. The molecule has 2 rings (SSSR count). The van der Waals surface area contributed by atoms with Crippen molar-refractivity contribution in [3.63, 3.8) is 0 Å². The molecule has 0 N–H and O–H groups in total. The van der Waals surface area contributed by atoms with Crippen LogP contribution < -0.4 is 0 Å². The van der Waals surface area contributed by atoms with Crippen LogP contribution in [-0.4, -0.2) is 54.7 Å². The summed E-state index contributed by atoms with van der Waals surface area (Å²) in [5.41, 5.74) is 0.498. The predicted octanol–water partition coefficient (Wildman–Crippen LogP) is 2.29. The normalized spacial score (nSPS) is 28.7. The molecule has 0 unspecified atom stereocenters. The minimum Gasteiger partial charge on any atom is -0.303 e. The lowest BCUT2D eigenvalue weighted by atomic mass is 9.85. The Morgan fingerprint density at radius 1 is 1.19 bits per heavy atom. The number of hydrogen-bond donors (Lipinski definition) is 0. The van der Waals surface area contributed by atoms with Gasteiger partial charge in [-0.15, -0.1) is 0 Å². The van der Waals surface area contributed by atoms with Gasteiger partial charge in [0.15, 0.2) is 0 Å².